The van der Waals surface area contributed by atoms with Gasteiger partial charge in [0.1, 0.15) is 0 Å². The molecule has 1 aromatic rings. The fourth-order valence-corrected chi connectivity index (χ4v) is 3.86. The number of hydrogen-bond acceptors (Lipinski definition) is 5. The number of carboxylic acid groups (broad SMARTS) is 1. The fourth-order valence-electron chi connectivity index (χ4n) is 2.16. The van der Waals surface area contributed by atoms with Crippen molar-refractivity contribution in [2.45, 2.75) is 24.0 Å². The minimum Gasteiger partial charge on any atom is -0.478 e. The monoisotopic (exact) mass is 315 g/mol. The maximum Gasteiger partial charge on any atom is 0.335 e. The Kier molecular flexibility index (Phi) is 4.62. The van der Waals surface area contributed by atoms with E-state index in [9.17, 15) is 13.2 Å². The van der Waals surface area contributed by atoms with E-state index in [1.165, 1.54) is 22.5 Å². The standard InChI is InChI=1S/C13H17NO6S/c1-9-8-20-11(7-15)6-14(9)21(18,19)12-4-2-3-10(5-12)13(16)17/h2-5,9,11,15H,6-8H2,1H3,(H,16,17). The summed E-state index contributed by atoms with van der Waals surface area (Å²) in [4.78, 5) is 10.9. The number of nitrogens with zero attached hydrogens (tertiary/aromatic N) is 1. The van der Waals surface area contributed by atoms with E-state index in [1.807, 2.05) is 0 Å². The van der Waals surface area contributed by atoms with Gasteiger partial charge in [-0.1, -0.05) is 6.07 Å². The Morgan fingerprint density at radius 2 is 2.19 bits per heavy atom. The van der Waals surface area contributed by atoms with Gasteiger partial charge in [-0.25, -0.2) is 13.2 Å². The molecule has 1 fully saturated rings. The zero-order valence-corrected chi connectivity index (χ0v) is 12.3. The number of hydrogen-bond donors (Lipinski definition) is 2. The summed E-state index contributed by atoms with van der Waals surface area (Å²) < 4.78 is 31.8. The van der Waals surface area contributed by atoms with Crippen molar-refractivity contribution in [3.63, 3.8) is 0 Å². The maximum atomic E-state index is 12.6. The van der Waals surface area contributed by atoms with Crippen LogP contribution in [0.15, 0.2) is 29.2 Å². The Morgan fingerprint density at radius 3 is 2.81 bits per heavy atom. The van der Waals surface area contributed by atoms with Gasteiger partial charge in [0, 0.05) is 12.6 Å². The number of ether oxygens (including phenoxy) is 1. The molecule has 1 aliphatic heterocycles. The summed E-state index contributed by atoms with van der Waals surface area (Å²) >= 11 is 0. The highest BCUT2D eigenvalue weighted by molar-refractivity contribution is 7.89. The van der Waals surface area contributed by atoms with Crippen LogP contribution >= 0.6 is 0 Å². The van der Waals surface area contributed by atoms with Crippen molar-refractivity contribution >= 4 is 16.0 Å². The molecule has 7 nitrogen and oxygen atoms in total. The highest BCUT2D eigenvalue weighted by Gasteiger charge is 2.35. The van der Waals surface area contributed by atoms with Gasteiger partial charge in [-0.05, 0) is 25.1 Å². The minimum atomic E-state index is -3.83. The van der Waals surface area contributed by atoms with Crippen LogP contribution in [0, 0.1) is 0 Å². The van der Waals surface area contributed by atoms with Crippen molar-refractivity contribution in [3.8, 4) is 0 Å². The molecule has 0 aliphatic carbocycles. The van der Waals surface area contributed by atoms with Crippen molar-refractivity contribution in [1.29, 1.82) is 0 Å². The Labute approximate surface area is 122 Å². The fraction of sp³-hybridized carbons (Fsp3) is 0.462. The second kappa shape index (κ2) is 6.10. The lowest BCUT2D eigenvalue weighted by molar-refractivity contribution is -0.0516. The summed E-state index contributed by atoms with van der Waals surface area (Å²) in [6.45, 7) is 1.65. The van der Waals surface area contributed by atoms with Crippen LogP contribution in [0.5, 0.6) is 0 Å². The second-order valence-electron chi connectivity index (χ2n) is 4.89. The number of aliphatic hydroxyl groups is 1. The number of carbonyl (C=O) groups is 1. The first-order chi connectivity index (χ1) is 9.86. The average molecular weight is 315 g/mol. The van der Waals surface area contributed by atoms with E-state index in [4.69, 9.17) is 14.9 Å². The molecule has 2 rings (SSSR count). The van der Waals surface area contributed by atoms with Crippen LogP contribution < -0.4 is 0 Å². The van der Waals surface area contributed by atoms with E-state index >= 15 is 0 Å². The molecular formula is C13H17NO6S. The van der Waals surface area contributed by atoms with E-state index < -0.39 is 22.1 Å². The van der Waals surface area contributed by atoms with Crippen LogP contribution in [0.1, 0.15) is 17.3 Å². The van der Waals surface area contributed by atoms with Crippen LogP contribution in [0.25, 0.3) is 0 Å². The molecule has 0 saturated carbocycles. The van der Waals surface area contributed by atoms with Crippen molar-refractivity contribution in [2.24, 2.45) is 0 Å². The topological polar surface area (TPSA) is 104 Å². The van der Waals surface area contributed by atoms with Gasteiger partial charge in [0.25, 0.3) is 0 Å². The van der Waals surface area contributed by atoms with E-state index in [-0.39, 0.29) is 36.3 Å². The van der Waals surface area contributed by atoms with Gasteiger partial charge in [-0.15, -0.1) is 0 Å². The smallest absolute Gasteiger partial charge is 0.335 e. The molecule has 1 aliphatic rings. The zero-order valence-electron chi connectivity index (χ0n) is 11.5. The van der Waals surface area contributed by atoms with Gasteiger partial charge < -0.3 is 14.9 Å². The van der Waals surface area contributed by atoms with Crippen molar-refractivity contribution in [2.75, 3.05) is 19.8 Å². The predicted molar refractivity (Wildman–Crippen MR) is 73.6 cm³/mol. The SMILES string of the molecule is CC1COC(CO)CN1S(=O)(=O)c1cccc(C(=O)O)c1. The highest BCUT2D eigenvalue weighted by Crippen LogP contribution is 2.23. The zero-order chi connectivity index (χ0) is 15.6. The van der Waals surface area contributed by atoms with Gasteiger partial charge in [0.05, 0.1) is 29.8 Å². The molecule has 8 heteroatoms. The molecular weight excluding hydrogens is 298 g/mol. The lowest BCUT2D eigenvalue weighted by Gasteiger charge is -2.36. The Hall–Kier alpha value is -1.48. The second-order valence-corrected chi connectivity index (χ2v) is 6.79. The first kappa shape index (κ1) is 15.9. The van der Waals surface area contributed by atoms with Crippen LogP contribution in [-0.2, 0) is 14.8 Å². The quantitative estimate of drug-likeness (QED) is 0.820. The third-order valence-corrected chi connectivity index (χ3v) is 5.32. The van der Waals surface area contributed by atoms with Crippen molar-refractivity contribution in [3.05, 3.63) is 29.8 Å². The summed E-state index contributed by atoms with van der Waals surface area (Å²) in [7, 11) is -3.83. The molecule has 2 N–H and O–H groups in total. The molecule has 2 atom stereocenters. The number of rotatable bonds is 4. The molecule has 1 heterocycles. The lowest BCUT2D eigenvalue weighted by atomic mass is 10.2. The predicted octanol–water partition coefficient (Wildman–Crippen LogP) is 0.155. The molecule has 0 amide bonds. The van der Waals surface area contributed by atoms with Crippen LogP contribution in [0.2, 0.25) is 0 Å². The number of aromatic carboxylic acids is 1. The summed E-state index contributed by atoms with van der Waals surface area (Å²) in [6, 6.07) is 4.84. The minimum absolute atomic E-state index is 0.0390. The molecule has 0 spiro atoms. The molecule has 0 bridgehead atoms. The van der Waals surface area contributed by atoms with Gasteiger partial charge in [-0.2, -0.15) is 4.31 Å². The lowest BCUT2D eigenvalue weighted by Crippen LogP contribution is -2.51. The van der Waals surface area contributed by atoms with Crippen molar-refractivity contribution < 1.29 is 28.2 Å². The van der Waals surface area contributed by atoms with E-state index in [0.29, 0.717) is 0 Å². The molecule has 0 radical (unpaired) electrons. The molecule has 2 unspecified atom stereocenters. The average Bonchev–Trinajstić information content (AvgIpc) is 2.47. The first-order valence-corrected chi connectivity index (χ1v) is 7.88. The summed E-state index contributed by atoms with van der Waals surface area (Å²) in [5.74, 6) is -1.18. The molecule has 1 saturated heterocycles. The Morgan fingerprint density at radius 1 is 1.48 bits per heavy atom. The molecule has 0 aromatic heterocycles. The molecule has 116 valence electrons. The third kappa shape index (κ3) is 3.24. The van der Waals surface area contributed by atoms with Crippen LogP contribution in [-0.4, -0.2) is 60.8 Å². The van der Waals surface area contributed by atoms with Crippen molar-refractivity contribution in [1.82, 2.24) is 4.31 Å². The number of benzene rings is 1. The molecule has 1 aromatic carbocycles. The number of aliphatic hydroxyl groups excluding tert-OH is 1. The van der Waals surface area contributed by atoms with E-state index in [1.54, 1.807) is 6.92 Å². The molecule has 21 heavy (non-hydrogen) atoms. The highest BCUT2D eigenvalue weighted by atomic mass is 32.2. The number of morpholine rings is 1. The van der Waals surface area contributed by atoms with E-state index in [0.717, 1.165) is 6.07 Å². The van der Waals surface area contributed by atoms with Gasteiger partial charge >= 0.3 is 5.97 Å². The Balaban J connectivity index is 2.36. The summed E-state index contributed by atoms with van der Waals surface area (Å²) in [5, 5.41) is 18.1. The summed E-state index contributed by atoms with van der Waals surface area (Å²) in [6.07, 6.45) is -0.571. The van der Waals surface area contributed by atoms with Gasteiger partial charge in [-0.3, -0.25) is 0 Å². The summed E-state index contributed by atoms with van der Waals surface area (Å²) in [5.41, 5.74) is -0.0873. The van der Waals surface area contributed by atoms with Gasteiger partial charge in [0.2, 0.25) is 10.0 Å². The largest absolute Gasteiger partial charge is 0.478 e. The number of carboxylic acids is 1. The van der Waals surface area contributed by atoms with Crippen LogP contribution in [0.3, 0.4) is 0 Å². The van der Waals surface area contributed by atoms with Gasteiger partial charge in [0.15, 0.2) is 0 Å². The first-order valence-electron chi connectivity index (χ1n) is 6.44. The maximum absolute atomic E-state index is 12.6. The third-order valence-electron chi connectivity index (χ3n) is 3.34. The number of sulfonamides is 1. The van der Waals surface area contributed by atoms with E-state index in [2.05, 4.69) is 0 Å². The Bertz CT molecular complexity index is 629. The normalized spacial score (nSPS) is 23.9. The van der Waals surface area contributed by atoms with Crippen LogP contribution in [0.4, 0.5) is 0 Å².